The Morgan fingerprint density at radius 1 is 1.35 bits per heavy atom. The van der Waals surface area contributed by atoms with Crippen molar-refractivity contribution in [3.05, 3.63) is 17.8 Å². The Hall–Kier alpha value is -1.76. The first kappa shape index (κ1) is 11.7. The molecule has 1 fully saturated rings. The minimum absolute atomic E-state index is 0.231. The van der Waals surface area contributed by atoms with Gasteiger partial charge in [-0.05, 0) is 16.9 Å². The molecule has 0 aliphatic heterocycles. The Bertz CT molecular complexity index is 483. The van der Waals surface area contributed by atoms with Gasteiger partial charge in [0.1, 0.15) is 11.9 Å². The standard InChI is InChI=1S/C13H18N4/c1-12(2)11(13(12,3)4)17-10-9(15)5-8(6-14)7-16-10/h5,7,11H,15H2,1-4H3,(H,16,17). The third-order valence-electron chi connectivity index (χ3n) is 4.35. The molecule has 0 unspecified atom stereocenters. The van der Waals surface area contributed by atoms with Crippen molar-refractivity contribution >= 4 is 11.5 Å². The predicted octanol–water partition coefficient (Wildman–Crippen LogP) is 2.38. The summed E-state index contributed by atoms with van der Waals surface area (Å²) in [6.45, 7) is 8.91. The van der Waals surface area contributed by atoms with E-state index in [9.17, 15) is 0 Å². The molecule has 90 valence electrons. The Kier molecular flexibility index (Phi) is 2.32. The van der Waals surface area contributed by atoms with E-state index in [0.29, 0.717) is 23.1 Å². The molecule has 0 spiro atoms. The Labute approximate surface area is 102 Å². The number of nitriles is 1. The van der Waals surface area contributed by atoms with Crippen molar-refractivity contribution in [1.29, 1.82) is 5.26 Å². The fourth-order valence-electron chi connectivity index (χ4n) is 2.36. The largest absolute Gasteiger partial charge is 0.396 e. The van der Waals surface area contributed by atoms with E-state index < -0.39 is 0 Å². The van der Waals surface area contributed by atoms with Crippen molar-refractivity contribution in [3.8, 4) is 6.07 Å². The molecule has 0 aromatic carbocycles. The summed E-state index contributed by atoms with van der Waals surface area (Å²) in [4.78, 5) is 4.20. The van der Waals surface area contributed by atoms with Crippen LogP contribution < -0.4 is 11.1 Å². The maximum absolute atomic E-state index is 8.75. The van der Waals surface area contributed by atoms with Gasteiger partial charge in [0.2, 0.25) is 0 Å². The molecule has 1 aliphatic carbocycles. The van der Waals surface area contributed by atoms with Crippen molar-refractivity contribution in [2.45, 2.75) is 33.7 Å². The fourth-order valence-corrected chi connectivity index (χ4v) is 2.36. The smallest absolute Gasteiger partial charge is 0.149 e. The van der Waals surface area contributed by atoms with Crippen LogP contribution in [0.1, 0.15) is 33.3 Å². The van der Waals surface area contributed by atoms with Crippen LogP contribution in [0, 0.1) is 22.2 Å². The van der Waals surface area contributed by atoms with Crippen molar-refractivity contribution in [1.82, 2.24) is 4.98 Å². The number of aromatic nitrogens is 1. The number of hydrogen-bond acceptors (Lipinski definition) is 4. The van der Waals surface area contributed by atoms with E-state index in [2.05, 4.69) is 38.0 Å². The van der Waals surface area contributed by atoms with E-state index in [-0.39, 0.29) is 10.8 Å². The fraction of sp³-hybridized carbons (Fsp3) is 0.538. The van der Waals surface area contributed by atoms with Gasteiger partial charge in [0.05, 0.1) is 11.3 Å². The molecule has 4 heteroatoms. The zero-order valence-electron chi connectivity index (χ0n) is 10.7. The molecule has 1 aliphatic rings. The lowest BCUT2D eigenvalue weighted by molar-refractivity contribution is 0.457. The third kappa shape index (κ3) is 1.62. The van der Waals surface area contributed by atoms with Gasteiger partial charge in [0.25, 0.3) is 0 Å². The molecule has 0 amide bonds. The topological polar surface area (TPSA) is 74.7 Å². The highest BCUT2D eigenvalue weighted by molar-refractivity contribution is 5.64. The lowest BCUT2D eigenvalue weighted by Gasteiger charge is -2.09. The van der Waals surface area contributed by atoms with Crippen LogP contribution >= 0.6 is 0 Å². The number of anilines is 2. The first-order valence-electron chi connectivity index (χ1n) is 5.73. The normalized spacial score (nSPS) is 20.6. The van der Waals surface area contributed by atoms with E-state index in [1.54, 1.807) is 12.3 Å². The number of pyridine rings is 1. The number of nitrogens with zero attached hydrogens (tertiary/aromatic N) is 2. The van der Waals surface area contributed by atoms with Crippen molar-refractivity contribution in [2.24, 2.45) is 10.8 Å². The van der Waals surface area contributed by atoms with Crippen molar-refractivity contribution in [3.63, 3.8) is 0 Å². The summed E-state index contributed by atoms with van der Waals surface area (Å²) in [5.41, 5.74) is 7.35. The predicted molar refractivity (Wildman–Crippen MR) is 68.3 cm³/mol. The molecule has 4 nitrogen and oxygen atoms in total. The first-order chi connectivity index (χ1) is 7.80. The monoisotopic (exact) mass is 230 g/mol. The SMILES string of the molecule is CC1(C)C(Nc2ncc(C#N)cc2N)C1(C)C. The molecule has 0 saturated heterocycles. The molecule has 2 rings (SSSR count). The van der Waals surface area contributed by atoms with Crippen molar-refractivity contribution in [2.75, 3.05) is 11.1 Å². The highest BCUT2D eigenvalue weighted by Gasteiger charge is 2.65. The van der Waals surface area contributed by atoms with Gasteiger partial charge in [0.15, 0.2) is 0 Å². The number of nitrogens with two attached hydrogens (primary N) is 1. The summed E-state index contributed by atoms with van der Waals surface area (Å²) in [5.74, 6) is 0.674. The summed E-state index contributed by atoms with van der Waals surface area (Å²) in [6.07, 6.45) is 1.54. The third-order valence-corrected chi connectivity index (χ3v) is 4.35. The van der Waals surface area contributed by atoms with Gasteiger partial charge in [-0.3, -0.25) is 0 Å². The maximum atomic E-state index is 8.75. The molecule has 3 N–H and O–H groups in total. The summed E-state index contributed by atoms with van der Waals surface area (Å²) in [5, 5.41) is 12.1. The van der Waals surface area contributed by atoms with Gasteiger partial charge < -0.3 is 11.1 Å². The first-order valence-corrected chi connectivity index (χ1v) is 5.73. The van der Waals surface area contributed by atoms with Crippen LogP contribution in [0.5, 0.6) is 0 Å². The number of hydrogen-bond donors (Lipinski definition) is 2. The molecule has 1 aromatic heterocycles. The van der Waals surface area contributed by atoms with Gasteiger partial charge in [-0.25, -0.2) is 4.98 Å². The van der Waals surface area contributed by atoms with Gasteiger partial charge in [-0.1, -0.05) is 27.7 Å². The molecular weight excluding hydrogens is 212 g/mol. The van der Waals surface area contributed by atoms with Crippen LogP contribution in [0.3, 0.4) is 0 Å². The van der Waals surface area contributed by atoms with Crippen LogP contribution in [0.15, 0.2) is 12.3 Å². The second-order valence-corrected chi connectivity index (χ2v) is 5.79. The lowest BCUT2D eigenvalue weighted by atomic mass is 10.0. The van der Waals surface area contributed by atoms with E-state index in [1.165, 1.54) is 0 Å². The Morgan fingerprint density at radius 2 is 1.94 bits per heavy atom. The van der Waals surface area contributed by atoms with Gasteiger partial charge in [-0.2, -0.15) is 5.26 Å². The highest BCUT2D eigenvalue weighted by atomic mass is 15.1. The van der Waals surface area contributed by atoms with Crippen molar-refractivity contribution < 1.29 is 0 Å². The molecule has 1 heterocycles. The summed E-state index contributed by atoms with van der Waals surface area (Å²) in [6, 6.07) is 4.04. The second kappa shape index (κ2) is 3.36. The van der Waals surface area contributed by atoms with Crippen LogP contribution in [-0.2, 0) is 0 Å². The number of nitrogens with one attached hydrogen (secondary N) is 1. The zero-order valence-corrected chi connectivity index (χ0v) is 10.7. The highest BCUT2D eigenvalue weighted by Crippen LogP contribution is 2.63. The van der Waals surface area contributed by atoms with Crippen LogP contribution in [0.25, 0.3) is 0 Å². The number of rotatable bonds is 2. The van der Waals surface area contributed by atoms with E-state index in [4.69, 9.17) is 11.0 Å². The molecule has 1 aromatic rings. The molecular formula is C13H18N4. The average Bonchev–Trinajstić information content (AvgIpc) is 2.63. The van der Waals surface area contributed by atoms with Crippen LogP contribution in [-0.4, -0.2) is 11.0 Å². The minimum Gasteiger partial charge on any atom is -0.396 e. The average molecular weight is 230 g/mol. The second-order valence-electron chi connectivity index (χ2n) is 5.79. The van der Waals surface area contributed by atoms with Gasteiger partial charge in [-0.15, -0.1) is 0 Å². The molecule has 0 bridgehead atoms. The summed E-state index contributed by atoms with van der Waals surface area (Å²) >= 11 is 0. The summed E-state index contributed by atoms with van der Waals surface area (Å²) < 4.78 is 0. The molecule has 17 heavy (non-hydrogen) atoms. The maximum Gasteiger partial charge on any atom is 0.149 e. The van der Waals surface area contributed by atoms with Gasteiger partial charge >= 0.3 is 0 Å². The van der Waals surface area contributed by atoms with E-state index in [0.717, 1.165) is 0 Å². The van der Waals surface area contributed by atoms with Gasteiger partial charge in [0, 0.05) is 12.2 Å². The van der Waals surface area contributed by atoms with Crippen LogP contribution in [0.4, 0.5) is 11.5 Å². The molecule has 1 saturated carbocycles. The zero-order chi connectivity index (χ0) is 12.8. The Morgan fingerprint density at radius 3 is 2.35 bits per heavy atom. The quantitative estimate of drug-likeness (QED) is 0.818. The lowest BCUT2D eigenvalue weighted by Crippen LogP contribution is -2.13. The Balaban J connectivity index is 2.20. The molecule has 0 atom stereocenters. The number of nitrogen functional groups attached to an aromatic ring is 1. The molecule has 0 radical (unpaired) electrons. The van der Waals surface area contributed by atoms with E-state index in [1.807, 2.05) is 6.07 Å². The minimum atomic E-state index is 0.231. The van der Waals surface area contributed by atoms with E-state index >= 15 is 0 Å². The summed E-state index contributed by atoms with van der Waals surface area (Å²) in [7, 11) is 0. The van der Waals surface area contributed by atoms with Crippen LogP contribution in [0.2, 0.25) is 0 Å².